The molecule has 0 rings (SSSR count). The Morgan fingerprint density at radius 3 is 1.43 bits per heavy atom. The third kappa shape index (κ3) is 40.5. The first-order chi connectivity index (χ1) is 27.3. The highest BCUT2D eigenvalue weighted by Crippen LogP contribution is 2.18. The zero-order chi connectivity index (χ0) is 41.2. The Labute approximate surface area is 348 Å². The zero-order valence-electron chi connectivity index (χ0n) is 38.1. The van der Waals surface area contributed by atoms with E-state index in [0.29, 0.717) is 25.9 Å². The van der Waals surface area contributed by atoms with Crippen molar-refractivity contribution in [3.8, 4) is 0 Å². The molecule has 0 bridgehead atoms. The molecule has 0 heterocycles. The molecule has 0 aromatic heterocycles. The van der Waals surface area contributed by atoms with Crippen LogP contribution in [-0.4, -0.2) is 87.2 Å². The van der Waals surface area contributed by atoms with Gasteiger partial charge in [-0.05, 0) is 97.9 Å². The highest BCUT2D eigenvalue weighted by molar-refractivity contribution is 5.76. The van der Waals surface area contributed by atoms with Crippen LogP contribution in [0.15, 0.2) is 0 Å². The van der Waals surface area contributed by atoms with Gasteiger partial charge in [0.2, 0.25) is 5.91 Å². The summed E-state index contributed by atoms with van der Waals surface area (Å²) in [5.41, 5.74) is 0. The van der Waals surface area contributed by atoms with Gasteiger partial charge in [-0.25, -0.2) is 0 Å². The Hall–Kier alpha value is -1.67. The summed E-state index contributed by atoms with van der Waals surface area (Å²) in [5, 5.41) is 3.10. The number of esters is 2. The van der Waals surface area contributed by atoms with Gasteiger partial charge in [-0.15, -0.1) is 0 Å². The monoisotopic (exact) mass is 794 g/mol. The number of nitrogens with zero attached hydrogens (tertiary/aromatic N) is 2. The summed E-state index contributed by atoms with van der Waals surface area (Å²) in [7, 11) is 4.13. The van der Waals surface area contributed by atoms with Crippen molar-refractivity contribution in [1.29, 1.82) is 0 Å². The lowest BCUT2D eigenvalue weighted by Crippen LogP contribution is -2.33. The maximum absolute atomic E-state index is 12.6. The van der Waals surface area contributed by atoms with Gasteiger partial charge in [0.05, 0.1) is 6.61 Å². The molecule has 0 spiro atoms. The number of rotatable bonds is 44. The summed E-state index contributed by atoms with van der Waals surface area (Å²) >= 11 is 0. The average molecular weight is 794 g/mol. The Bertz CT molecular complexity index is 858. The minimum atomic E-state index is -0.0296. The van der Waals surface area contributed by atoms with Gasteiger partial charge in [0.15, 0.2) is 0 Å². The normalized spacial score (nSPS) is 11.6. The van der Waals surface area contributed by atoms with Crippen molar-refractivity contribution in [2.24, 2.45) is 0 Å². The third-order valence-corrected chi connectivity index (χ3v) is 11.0. The molecule has 0 aliphatic carbocycles. The molecule has 332 valence electrons. The number of amides is 1. The molecule has 56 heavy (non-hydrogen) atoms. The highest BCUT2D eigenvalue weighted by atomic mass is 16.5. The van der Waals surface area contributed by atoms with Crippen molar-refractivity contribution >= 4 is 17.8 Å². The number of hydrogen-bond acceptors (Lipinski definition) is 7. The van der Waals surface area contributed by atoms with E-state index >= 15 is 0 Å². The molecule has 0 aliphatic rings. The second-order valence-corrected chi connectivity index (χ2v) is 17.0. The van der Waals surface area contributed by atoms with Gasteiger partial charge < -0.3 is 24.6 Å². The molecule has 1 amide bonds. The molecule has 0 unspecified atom stereocenters. The molecule has 1 N–H and O–H groups in total. The van der Waals surface area contributed by atoms with Crippen LogP contribution in [0.1, 0.15) is 233 Å². The number of unbranched alkanes of at least 4 members (excludes halogenated alkanes) is 22. The fraction of sp³-hybridized carbons (Fsp3) is 0.938. The standard InChI is InChI=1S/C48H95N3O5/c1-6-9-12-15-17-21-28-36-47(53)55-44-32-25-20-24-31-42-51(43-38-46(52)49-39-33-40-50(4)5)41-30-23-19-16-18-22-29-37-48(54)56-45(34-26-13-10-7-2)35-27-14-11-8-3/h45H,6-44H2,1-5H3,(H,49,52). The van der Waals surface area contributed by atoms with Crippen LogP contribution in [0.5, 0.6) is 0 Å². The molecule has 0 atom stereocenters. The predicted molar refractivity (Wildman–Crippen MR) is 238 cm³/mol. The van der Waals surface area contributed by atoms with Gasteiger partial charge in [-0.2, -0.15) is 0 Å². The second-order valence-electron chi connectivity index (χ2n) is 17.0. The van der Waals surface area contributed by atoms with Crippen molar-refractivity contribution in [3.05, 3.63) is 0 Å². The largest absolute Gasteiger partial charge is 0.466 e. The van der Waals surface area contributed by atoms with Crippen LogP contribution in [0.2, 0.25) is 0 Å². The van der Waals surface area contributed by atoms with Crippen LogP contribution >= 0.6 is 0 Å². The van der Waals surface area contributed by atoms with Crippen molar-refractivity contribution < 1.29 is 23.9 Å². The first kappa shape index (κ1) is 54.3. The number of ether oxygens (including phenoxy) is 2. The van der Waals surface area contributed by atoms with E-state index in [1.54, 1.807) is 0 Å². The Kier molecular flexibility index (Phi) is 41.6. The third-order valence-electron chi connectivity index (χ3n) is 11.0. The minimum absolute atomic E-state index is 0.0122. The first-order valence-corrected chi connectivity index (χ1v) is 24.3. The van der Waals surface area contributed by atoms with E-state index in [2.05, 4.69) is 50.0 Å². The lowest BCUT2D eigenvalue weighted by molar-refractivity contribution is -0.150. The van der Waals surface area contributed by atoms with Crippen molar-refractivity contribution in [2.45, 2.75) is 239 Å². The number of hydrogen-bond donors (Lipinski definition) is 1. The van der Waals surface area contributed by atoms with Gasteiger partial charge in [0, 0.05) is 32.4 Å². The molecule has 0 aliphatic heterocycles. The van der Waals surface area contributed by atoms with Gasteiger partial charge >= 0.3 is 11.9 Å². The summed E-state index contributed by atoms with van der Waals surface area (Å²) in [6.45, 7) is 11.9. The van der Waals surface area contributed by atoms with Crippen LogP contribution in [0.3, 0.4) is 0 Å². The first-order valence-electron chi connectivity index (χ1n) is 24.3. The Balaban J connectivity index is 4.29. The van der Waals surface area contributed by atoms with Gasteiger partial charge in [0.25, 0.3) is 0 Å². The fourth-order valence-corrected chi connectivity index (χ4v) is 7.35. The maximum Gasteiger partial charge on any atom is 0.306 e. The SMILES string of the molecule is CCCCCCCCCC(=O)OCCCCCCCN(CCCCCCCCCC(=O)OC(CCCCCC)CCCCCC)CCC(=O)NCCCN(C)C. The van der Waals surface area contributed by atoms with E-state index in [0.717, 1.165) is 103 Å². The summed E-state index contributed by atoms with van der Waals surface area (Å²) in [5.74, 6) is 0.143. The van der Waals surface area contributed by atoms with E-state index in [1.807, 2.05) is 0 Å². The van der Waals surface area contributed by atoms with Gasteiger partial charge in [-0.1, -0.05) is 149 Å². The van der Waals surface area contributed by atoms with E-state index in [-0.39, 0.29) is 23.9 Å². The fourth-order valence-electron chi connectivity index (χ4n) is 7.35. The van der Waals surface area contributed by atoms with E-state index in [4.69, 9.17) is 9.47 Å². The topological polar surface area (TPSA) is 88.2 Å². The van der Waals surface area contributed by atoms with Gasteiger partial charge in [0.1, 0.15) is 6.10 Å². The summed E-state index contributed by atoms with van der Waals surface area (Å²) in [6.07, 6.45) is 36.8. The maximum atomic E-state index is 12.6. The van der Waals surface area contributed by atoms with E-state index in [1.165, 1.54) is 122 Å². The number of nitrogens with one attached hydrogen (secondary N) is 1. The predicted octanol–water partition coefficient (Wildman–Crippen LogP) is 12.4. The molecular formula is C48H95N3O5. The molecule has 8 nitrogen and oxygen atoms in total. The molecular weight excluding hydrogens is 699 g/mol. The highest BCUT2D eigenvalue weighted by Gasteiger charge is 2.14. The quantitative estimate of drug-likeness (QED) is 0.0485. The lowest BCUT2D eigenvalue weighted by Gasteiger charge is -2.22. The number of carbonyl (C=O) groups is 3. The molecule has 0 radical (unpaired) electrons. The van der Waals surface area contributed by atoms with Crippen LogP contribution in [-0.2, 0) is 23.9 Å². The average Bonchev–Trinajstić information content (AvgIpc) is 3.18. The van der Waals surface area contributed by atoms with E-state index < -0.39 is 0 Å². The smallest absolute Gasteiger partial charge is 0.306 e. The molecule has 0 saturated heterocycles. The van der Waals surface area contributed by atoms with Crippen LogP contribution in [0, 0.1) is 0 Å². The summed E-state index contributed by atoms with van der Waals surface area (Å²) in [6, 6.07) is 0. The minimum Gasteiger partial charge on any atom is -0.466 e. The molecule has 0 saturated carbocycles. The van der Waals surface area contributed by atoms with E-state index in [9.17, 15) is 14.4 Å². The lowest BCUT2D eigenvalue weighted by atomic mass is 10.0. The summed E-state index contributed by atoms with van der Waals surface area (Å²) < 4.78 is 11.4. The molecule has 0 fully saturated rings. The van der Waals surface area contributed by atoms with Crippen LogP contribution in [0.4, 0.5) is 0 Å². The van der Waals surface area contributed by atoms with Crippen molar-refractivity contribution in [3.63, 3.8) is 0 Å². The van der Waals surface area contributed by atoms with Crippen LogP contribution in [0.25, 0.3) is 0 Å². The Morgan fingerprint density at radius 1 is 0.464 bits per heavy atom. The second kappa shape index (κ2) is 42.9. The molecule has 0 aromatic carbocycles. The zero-order valence-corrected chi connectivity index (χ0v) is 38.1. The molecule has 8 heteroatoms. The van der Waals surface area contributed by atoms with Crippen molar-refractivity contribution in [2.75, 3.05) is 53.4 Å². The Morgan fingerprint density at radius 2 is 0.911 bits per heavy atom. The molecule has 0 aromatic rings. The number of carbonyl (C=O) groups excluding carboxylic acids is 3. The summed E-state index contributed by atoms with van der Waals surface area (Å²) in [4.78, 5) is 41.9. The van der Waals surface area contributed by atoms with Crippen LogP contribution < -0.4 is 5.32 Å². The van der Waals surface area contributed by atoms with Crippen molar-refractivity contribution in [1.82, 2.24) is 15.1 Å². The van der Waals surface area contributed by atoms with Gasteiger partial charge in [-0.3, -0.25) is 14.4 Å².